The monoisotopic (exact) mass is 277 g/mol. The third kappa shape index (κ3) is 2.70. The molecule has 2 bridgehead atoms. The van der Waals surface area contributed by atoms with Gasteiger partial charge in [0.25, 0.3) is 5.91 Å². The molecule has 2 N–H and O–H groups in total. The lowest BCUT2D eigenvalue weighted by Gasteiger charge is -2.44. The van der Waals surface area contributed by atoms with E-state index in [1.54, 1.807) is 12.1 Å². The van der Waals surface area contributed by atoms with Crippen LogP contribution in [0.25, 0.3) is 0 Å². The van der Waals surface area contributed by atoms with E-state index in [0.717, 1.165) is 32.5 Å². The fourth-order valence-electron chi connectivity index (χ4n) is 3.07. The summed E-state index contributed by atoms with van der Waals surface area (Å²) >= 11 is 0. The van der Waals surface area contributed by atoms with Gasteiger partial charge in [0.15, 0.2) is 11.6 Å². The van der Waals surface area contributed by atoms with Crippen LogP contribution in [-0.2, 0) is 4.79 Å². The van der Waals surface area contributed by atoms with Crippen LogP contribution in [0.3, 0.4) is 0 Å². The van der Waals surface area contributed by atoms with Crippen LogP contribution in [0, 0.1) is 5.92 Å². The fraction of sp³-hybridized carbons (Fsp3) is 0.571. The van der Waals surface area contributed by atoms with Gasteiger partial charge >= 0.3 is 0 Å². The molecule has 1 aromatic rings. The maximum Gasteiger partial charge on any atom is 0.287 e. The molecule has 1 aromatic heterocycles. The molecule has 3 aliphatic heterocycles. The molecule has 0 aliphatic carbocycles. The fourth-order valence-corrected chi connectivity index (χ4v) is 3.07. The highest BCUT2D eigenvalue weighted by Crippen LogP contribution is 2.27. The van der Waals surface area contributed by atoms with Crippen molar-refractivity contribution in [2.75, 3.05) is 25.0 Å². The van der Waals surface area contributed by atoms with Gasteiger partial charge in [0.1, 0.15) is 0 Å². The number of nitrogens with one attached hydrogen (secondary N) is 2. The number of fused-ring (bicyclic) bond motifs is 3. The number of nitrogens with zero attached hydrogens (tertiary/aromatic N) is 1. The quantitative estimate of drug-likeness (QED) is 0.866. The van der Waals surface area contributed by atoms with E-state index < -0.39 is 0 Å². The van der Waals surface area contributed by atoms with Gasteiger partial charge in [-0.2, -0.15) is 0 Å². The largest absolute Gasteiger partial charge is 0.435 e. The molecule has 0 aromatic carbocycles. The summed E-state index contributed by atoms with van der Waals surface area (Å²) in [6, 6.07) is 3.38. The number of carbonyl (C=O) groups excluding carboxylic acids is 2. The minimum Gasteiger partial charge on any atom is -0.435 e. The minimum absolute atomic E-state index is 0.208. The van der Waals surface area contributed by atoms with E-state index in [2.05, 4.69) is 15.5 Å². The highest BCUT2D eigenvalue weighted by molar-refractivity contribution is 5.93. The number of anilines is 1. The maximum atomic E-state index is 12.2. The Hall–Kier alpha value is -1.82. The van der Waals surface area contributed by atoms with Gasteiger partial charge in [0, 0.05) is 25.6 Å². The van der Waals surface area contributed by atoms with Crippen molar-refractivity contribution in [2.45, 2.75) is 25.8 Å². The summed E-state index contributed by atoms with van der Waals surface area (Å²) in [6.45, 7) is 4.61. The molecule has 6 nitrogen and oxygen atoms in total. The molecule has 4 heterocycles. The SMILES string of the molecule is CC(=O)Nc1ccc(C(=O)N[C@H]2CN3CCC2CC3)o1. The van der Waals surface area contributed by atoms with Crippen LogP contribution in [0.5, 0.6) is 0 Å². The zero-order valence-electron chi connectivity index (χ0n) is 11.5. The summed E-state index contributed by atoms with van der Waals surface area (Å²) in [5, 5.41) is 5.56. The minimum atomic E-state index is -0.219. The van der Waals surface area contributed by atoms with Gasteiger partial charge in [-0.25, -0.2) is 0 Å². The van der Waals surface area contributed by atoms with Crippen LogP contribution >= 0.6 is 0 Å². The molecule has 4 rings (SSSR count). The van der Waals surface area contributed by atoms with Gasteiger partial charge in [-0.1, -0.05) is 0 Å². The highest BCUT2D eigenvalue weighted by Gasteiger charge is 2.35. The number of carbonyl (C=O) groups is 2. The second-order valence-electron chi connectivity index (χ2n) is 5.56. The standard InChI is InChI=1S/C14H19N3O3/c1-9(18)15-13-3-2-12(20-13)14(19)16-11-8-17-6-4-10(11)5-7-17/h2-3,10-11H,4-8H2,1H3,(H,15,18)(H,16,19)/t11-/m0/s1. The third-order valence-electron chi connectivity index (χ3n) is 4.10. The van der Waals surface area contributed by atoms with Gasteiger partial charge in [-0.05, 0) is 37.9 Å². The molecule has 0 spiro atoms. The van der Waals surface area contributed by atoms with Crippen molar-refractivity contribution in [3.63, 3.8) is 0 Å². The Labute approximate surface area is 117 Å². The van der Waals surface area contributed by atoms with Crippen molar-refractivity contribution in [3.8, 4) is 0 Å². The topological polar surface area (TPSA) is 74.6 Å². The molecule has 3 fully saturated rings. The average molecular weight is 277 g/mol. The summed E-state index contributed by atoms with van der Waals surface area (Å²) in [6.07, 6.45) is 2.31. The molecule has 1 atom stereocenters. The van der Waals surface area contributed by atoms with Crippen LogP contribution < -0.4 is 10.6 Å². The Morgan fingerprint density at radius 3 is 2.65 bits per heavy atom. The summed E-state index contributed by atoms with van der Waals surface area (Å²) in [5.74, 6) is 0.694. The van der Waals surface area contributed by atoms with E-state index in [1.807, 2.05) is 0 Å². The molecule has 20 heavy (non-hydrogen) atoms. The molecule has 3 aliphatic rings. The first-order valence-electron chi connectivity index (χ1n) is 7.02. The van der Waals surface area contributed by atoms with Gasteiger partial charge < -0.3 is 14.6 Å². The number of hydrogen-bond donors (Lipinski definition) is 2. The van der Waals surface area contributed by atoms with E-state index in [1.165, 1.54) is 6.92 Å². The van der Waals surface area contributed by atoms with Crippen molar-refractivity contribution in [3.05, 3.63) is 17.9 Å². The lowest BCUT2D eigenvalue weighted by molar-refractivity contribution is -0.114. The molecular formula is C14H19N3O3. The second-order valence-corrected chi connectivity index (χ2v) is 5.56. The van der Waals surface area contributed by atoms with Crippen LogP contribution in [0.1, 0.15) is 30.3 Å². The predicted molar refractivity (Wildman–Crippen MR) is 73.4 cm³/mol. The van der Waals surface area contributed by atoms with Gasteiger partial charge in [-0.3, -0.25) is 14.9 Å². The average Bonchev–Trinajstić information content (AvgIpc) is 2.88. The smallest absolute Gasteiger partial charge is 0.287 e. The highest BCUT2D eigenvalue weighted by atomic mass is 16.4. The zero-order valence-corrected chi connectivity index (χ0v) is 11.5. The van der Waals surface area contributed by atoms with Gasteiger partial charge in [-0.15, -0.1) is 0 Å². The number of amides is 2. The van der Waals surface area contributed by atoms with E-state index >= 15 is 0 Å². The second kappa shape index (κ2) is 5.28. The normalized spacial score (nSPS) is 28.1. The van der Waals surface area contributed by atoms with Crippen LogP contribution in [0.2, 0.25) is 0 Å². The summed E-state index contributed by atoms with van der Waals surface area (Å²) in [5.41, 5.74) is 0. The molecular weight excluding hydrogens is 258 g/mol. The van der Waals surface area contributed by atoms with Crippen molar-refractivity contribution < 1.29 is 14.0 Å². The Balaban J connectivity index is 1.61. The molecule has 0 radical (unpaired) electrons. The van der Waals surface area contributed by atoms with Crippen molar-refractivity contribution >= 4 is 17.7 Å². The molecule has 0 unspecified atom stereocenters. The van der Waals surface area contributed by atoms with E-state index in [0.29, 0.717) is 11.8 Å². The number of piperidine rings is 3. The van der Waals surface area contributed by atoms with Gasteiger partial charge in [0.2, 0.25) is 5.91 Å². The summed E-state index contributed by atoms with van der Waals surface area (Å²) < 4.78 is 5.32. The van der Waals surface area contributed by atoms with Crippen molar-refractivity contribution in [2.24, 2.45) is 5.92 Å². The lowest BCUT2D eigenvalue weighted by atomic mass is 9.84. The molecule has 3 saturated heterocycles. The first kappa shape index (κ1) is 13.2. The summed E-state index contributed by atoms with van der Waals surface area (Å²) in [7, 11) is 0. The number of hydrogen-bond acceptors (Lipinski definition) is 4. The predicted octanol–water partition coefficient (Wildman–Crippen LogP) is 1.06. The summed E-state index contributed by atoms with van der Waals surface area (Å²) in [4.78, 5) is 25.5. The van der Waals surface area contributed by atoms with E-state index in [4.69, 9.17) is 4.42 Å². The Bertz CT molecular complexity index is 517. The Morgan fingerprint density at radius 2 is 2.05 bits per heavy atom. The van der Waals surface area contributed by atoms with Crippen molar-refractivity contribution in [1.29, 1.82) is 0 Å². The Morgan fingerprint density at radius 1 is 1.30 bits per heavy atom. The Kier molecular flexibility index (Phi) is 3.48. The van der Waals surface area contributed by atoms with Crippen molar-refractivity contribution in [1.82, 2.24) is 10.2 Å². The van der Waals surface area contributed by atoms with Crippen LogP contribution in [-0.4, -0.2) is 42.4 Å². The first-order valence-corrected chi connectivity index (χ1v) is 7.02. The molecule has 2 amide bonds. The molecule has 6 heteroatoms. The third-order valence-corrected chi connectivity index (χ3v) is 4.10. The molecule has 108 valence electrons. The first-order chi connectivity index (χ1) is 9.61. The van der Waals surface area contributed by atoms with Crippen LogP contribution in [0.15, 0.2) is 16.5 Å². The van der Waals surface area contributed by atoms with E-state index in [9.17, 15) is 9.59 Å². The van der Waals surface area contributed by atoms with E-state index in [-0.39, 0.29) is 23.6 Å². The molecule has 0 saturated carbocycles. The number of furan rings is 1. The van der Waals surface area contributed by atoms with Crippen LogP contribution in [0.4, 0.5) is 5.88 Å². The zero-order chi connectivity index (χ0) is 14.1. The maximum absolute atomic E-state index is 12.2. The number of rotatable bonds is 3. The lowest BCUT2D eigenvalue weighted by Crippen LogP contribution is -2.57. The van der Waals surface area contributed by atoms with Gasteiger partial charge in [0.05, 0.1) is 0 Å².